The molecule has 50 valence electrons. The smallest absolute Gasteiger partial charge is 0.234 e. The minimum absolute atomic E-state index is 0.0609. The number of hydrogen-bond acceptors (Lipinski definition) is 3. The van der Waals surface area contributed by atoms with Crippen LogP contribution in [-0.2, 0) is 9.53 Å². The molecule has 2 aliphatic rings. The van der Waals surface area contributed by atoms with Crippen LogP contribution in [0.2, 0.25) is 0 Å². The van der Waals surface area contributed by atoms with Gasteiger partial charge in [-0.15, -0.1) is 0 Å². The molecule has 0 aromatic carbocycles. The molecule has 2 fully saturated rings. The monoisotopic (exact) mass is 128 g/mol. The van der Waals surface area contributed by atoms with Crippen LogP contribution in [0.1, 0.15) is 0 Å². The minimum atomic E-state index is 0.0609. The van der Waals surface area contributed by atoms with Gasteiger partial charge < -0.3 is 10.1 Å². The van der Waals surface area contributed by atoms with Crippen LogP contribution in [0.4, 0.5) is 0 Å². The number of hydrogen-bond donors (Lipinski definition) is 2. The molecule has 4 heteroatoms. The second kappa shape index (κ2) is 1.68. The van der Waals surface area contributed by atoms with Crippen molar-refractivity contribution in [1.29, 1.82) is 0 Å². The van der Waals surface area contributed by atoms with Crippen LogP contribution >= 0.6 is 0 Å². The number of rotatable bonds is 0. The highest BCUT2D eigenvalue weighted by Gasteiger charge is 2.40. The summed E-state index contributed by atoms with van der Waals surface area (Å²) in [4.78, 5) is 10.6. The highest BCUT2D eigenvalue weighted by molar-refractivity contribution is 5.78. The topological polar surface area (TPSA) is 53.7 Å². The molecule has 0 aliphatic carbocycles. The first kappa shape index (κ1) is 5.20. The van der Waals surface area contributed by atoms with Gasteiger partial charge in [0.05, 0.1) is 6.54 Å². The average molecular weight is 128 g/mol. The second-order valence-corrected chi connectivity index (χ2v) is 2.28. The van der Waals surface area contributed by atoms with E-state index in [0.29, 0.717) is 13.1 Å². The summed E-state index contributed by atoms with van der Waals surface area (Å²) in [5, 5.41) is 5.64. The Bertz CT molecular complexity index is 134. The van der Waals surface area contributed by atoms with E-state index in [-0.39, 0.29) is 18.2 Å². The fraction of sp³-hybridized carbons (Fsp3) is 0.800. The Labute approximate surface area is 52.6 Å². The molecular formula is C5H8N2O2. The number of carbonyl (C=O) groups is 1. The molecule has 0 saturated carbocycles. The molecule has 2 N–H and O–H groups in total. The number of amides is 1. The first-order chi connectivity index (χ1) is 4.36. The van der Waals surface area contributed by atoms with E-state index in [1.54, 1.807) is 0 Å². The molecule has 0 aromatic rings. The Kier molecular flexibility index (Phi) is 0.972. The molecule has 0 bridgehead atoms. The Hall–Kier alpha value is -0.610. The Morgan fingerprint density at radius 1 is 1.67 bits per heavy atom. The van der Waals surface area contributed by atoms with E-state index < -0.39 is 0 Å². The van der Waals surface area contributed by atoms with E-state index in [2.05, 4.69) is 10.6 Å². The number of fused-ring (bicyclic) bond motifs is 1. The van der Waals surface area contributed by atoms with Crippen LogP contribution < -0.4 is 10.6 Å². The van der Waals surface area contributed by atoms with Gasteiger partial charge in [-0.25, -0.2) is 0 Å². The minimum Gasteiger partial charge on any atom is -0.352 e. The van der Waals surface area contributed by atoms with Gasteiger partial charge in [-0.2, -0.15) is 0 Å². The van der Waals surface area contributed by atoms with E-state index in [4.69, 9.17) is 4.74 Å². The Balaban J connectivity index is 1.96. The van der Waals surface area contributed by atoms with Gasteiger partial charge in [-0.05, 0) is 0 Å². The lowest BCUT2D eigenvalue weighted by Gasteiger charge is -1.97. The summed E-state index contributed by atoms with van der Waals surface area (Å²) in [5.41, 5.74) is 0. The Morgan fingerprint density at radius 2 is 2.56 bits per heavy atom. The van der Waals surface area contributed by atoms with Crippen LogP contribution in [0.5, 0.6) is 0 Å². The first-order valence-corrected chi connectivity index (χ1v) is 3.02. The van der Waals surface area contributed by atoms with Crippen molar-refractivity contribution in [3.63, 3.8) is 0 Å². The van der Waals surface area contributed by atoms with Gasteiger partial charge in [-0.3, -0.25) is 10.1 Å². The lowest BCUT2D eigenvalue weighted by Crippen LogP contribution is -2.31. The van der Waals surface area contributed by atoms with Crippen LogP contribution in [0, 0.1) is 0 Å². The molecule has 0 aromatic heterocycles. The fourth-order valence-corrected chi connectivity index (χ4v) is 0.948. The number of epoxide rings is 1. The normalized spacial score (nSPS) is 40.7. The lowest BCUT2D eigenvalue weighted by atomic mass is 10.4. The first-order valence-electron chi connectivity index (χ1n) is 3.02. The average Bonchev–Trinajstić information content (AvgIpc) is 2.54. The molecule has 2 atom stereocenters. The maximum Gasteiger partial charge on any atom is 0.234 e. The van der Waals surface area contributed by atoms with E-state index in [0.717, 1.165) is 0 Å². The van der Waals surface area contributed by atoms with Crippen molar-refractivity contribution in [2.24, 2.45) is 0 Å². The summed E-state index contributed by atoms with van der Waals surface area (Å²) in [6, 6.07) is 0. The van der Waals surface area contributed by atoms with Gasteiger partial charge in [0.2, 0.25) is 5.91 Å². The van der Waals surface area contributed by atoms with E-state index in [1.165, 1.54) is 0 Å². The molecule has 2 saturated heterocycles. The fourth-order valence-electron chi connectivity index (χ4n) is 0.948. The quantitative estimate of drug-likeness (QED) is 0.387. The third-order valence-corrected chi connectivity index (χ3v) is 1.55. The van der Waals surface area contributed by atoms with Crippen LogP contribution in [0.15, 0.2) is 0 Å². The van der Waals surface area contributed by atoms with Crippen molar-refractivity contribution in [2.45, 2.75) is 12.3 Å². The zero-order valence-corrected chi connectivity index (χ0v) is 4.89. The molecular weight excluding hydrogens is 120 g/mol. The molecule has 0 spiro atoms. The van der Waals surface area contributed by atoms with Gasteiger partial charge in [0.1, 0.15) is 12.3 Å². The number of nitrogens with one attached hydrogen (secondary N) is 2. The largest absolute Gasteiger partial charge is 0.352 e. The predicted octanol–water partition coefficient (Wildman–Crippen LogP) is -1.57. The number of carbonyl (C=O) groups excluding carboxylic acids is 1. The van der Waals surface area contributed by atoms with E-state index >= 15 is 0 Å². The van der Waals surface area contributed by atoms with Gasteiger partial charge in [0.25, 0.3) is 0 Å². The van der Waals surface area contributed by atoms with Crippen molar-refractivity contribution in [1.82, 2.24) is 10.6 Å². The van der Waals surface area contributed by atoms with Crippen molar-refractivity contribution in [3.05, 3.63) is 0 Å². The standard InChI is InChI=1S/C5H8N2O2/c8-4-2-7-5-3(9-5)1-6-4/h3,5,7H,1-2H2,(H,6,8). The van der Waals surface area contributed by atoms with Gasteiger partial charge >= 0.3 is 0 Å². The maximum absolute atomic E-state index is 10.6. The predicted molar refractivity (Wildman–Crippen MR) is 29.7 cm³/mol. The van der Waals surface area contributed by atoms with E-state index in [9.17, 15) is 4.79 Å². The summed E-state index contributed by atoms with van der Waals surface area (Å²) < 4.78 is 5.08. The zero-order chi connectivity index (χ0) is 6.27. The molecule has 2 aliphatic heterocycles. The SMILES string of the molecule is O=C1CNC2OC2CN1. The highest BCUT2D eigenvalue weighted by Crippen LogP contribution is 2.18. The highest BCUT2D eigenvalue weighted by atomic mass is 16.6. The Morgan fingerprint density at radius 3 is 3.44 bits per heavy atom. The van der Waals surface area contributed by atoms with Crippen LogP contribution in [0.25, 0.3) is 0 Å². The lowest BCUT2D eigenvalue weighted by molar-refractivity contribution is -0.120. The number of ether oxygens (including phenoxy) is 1. The maximum atomic E-state index is 10.6. The summed E-state index contributed by atoms with van der Waals surface area (Å²) in [7, 11) is 0. The zero-order valence-electron chi connectivity index (χ0n) is 4.89. The third-order valence-electron chi connectivity index (χ3n) is 1.55. The van der Waals surface area contributed by atoms with Crippen molar-refractivity contribution < 1.29 is 9.53 Å². The molecule has 2 unspecified atom stereocenters. The second-order valence-electron chi connectivity index (χ2n) is 2.28. The van der Waals surface area contributed by atoms with Crippen molar-refractivity contribution >= 4 is 5.91 Å². The van der Waals surface area contributed by atoms with Crippen LogP contribution in [0.3, 0.4) is 0 Å². The van der Waals surface area contributed by atoms with Crippen molar-refractivity contribution in [3.8, 4) is 0 Å². The molecule has 1 amide bonds. The molecule has 2 rings (SSSR count). The van der Waals surface area contributed by atoms with Crippen LogP contribution in [-0.4, -0.2) is 31.3 Å². The summed E-state index contributed by atoms with van der Waals surface area (Å²) in [6.07, 6.45) is 0.375. The third kappa shape index (κ3) is 0.906. The van der Waals surface area contributed by atoms with Gasteiger partial charge in [0, 0.05) is 6.54 Å². The van der Waals surface area contributed by atoms with Crippen molar-refractivity contribution in [2.75, 3.05) is 13.1 Å². The van der Waals surface area contributed by atoms with E-state index in [1.807, 2.05) is 0 Å². The molecule has 2 heterocycles. The van der Waals surface area contributed by atoms with Gasteiger partial charge in [-0.1, -0.05) is 0 Å². The summed E-state index contributed by atoms with van der Waals surface area (Å²) >= 11 is 0. The molecule has 4 nitrogen and oxygen atoms in total. The summed E-state index contributed by atoms with van der Waals surface area (Å²) in [5.74, 6) is 0.0609. The molecule has 0 radical (unpaired) electrons. The summed E-state index contributed by atoms with van der Waals surface area (Å²) in [6.45, 7) is 1.05. The molecule has 9 heavy (non-hydrogen) atoms. The van der Waals surface area contributed by atoms with Gasteiger partial charge in [0.15, 0.2) is 0 Å².